The van der Waals surface area contributed by atoms with Gasteiger partial charge in [0.1, 0.15) is 0 Å². The third-order valence-electron chi connectivity index (χ3n) is 3.71. The minimum atomic E-state index is -4.34. The number of alkyl halides is 3. The van der Waals surface area contributed by atoms with Crippen LogP contribution in [-0.4, -0.2) is 11.5 Å². The lowest BCUT2D eigenvalue weighted by molar-refractivity contribution is -0.138. The van der Waals surface area contributed by atoms with Crippen LogP contribution in [0.1, 0.15) is 63.6 Å². The monoisotopic (exact) mass is 302 g/mol. The normalized spacial score (nSPS) is 13.7. The van der Waals surface area contributed by atoms with Crippen LogP contribution in [0, 0.1) is 5.92 Å². The van der Waals surface area contributed by atoms with Crippen molar-refractivity contribution in [1.82, 2.24) is 10.3 Å². The molecule has 0 aromatic carbocycles. The Labute approximate surface area is 125 Å². The fraction of sp³-hybridized carbons (Fsp3) is 0.688. The van der Waals surface area contributed by atoms with E-state index < -0.39 is 11.7 Å². The third-order valence-corrected chi connectivity index (χ3v) is 3.71. The highest BCUT2D eigenvalue weighted by atomic mass is 19.4. The number of nitrogens with one attached hydrogen (secondary N) is 1. The van der Waals surface area contributed by atoms with Crippen molar-refractivity contribution >= 4 is 0 Å². The van der Waals surface area contributed by atoms with Gasteiger partial charge in [-0.05, 0) is 36.9 Å². The zero-order chi connectivity index (χ0) is 15.9. The molecule has 1 heterocycles. The number of halogens is 3. The van der Waals surface area contributed by atoms with E-state index >= 15 is 0 Å². The number of hydrogen-bond acceptors (Lipinski definition) is 2. The molecule has 2 nitrogen and oxygen atoms in total. The zero-order valence-electron chi connectivity index (χ0n) is 13.0. The maximum absolute atomic E-state index is 13.2. The summed E-state index contributed by atoms with van der Waals surface area (Å²) in [6.45, 7) is 6.70. The molecule has 0 bridgehead atoms. The largest absolute Gasteiger partial charge is 0.416 e. The van der Waals surface area contributed by atoms with Crippen molar-refractivity contribution in [3.8, 4) is 0 Å². The van der Waals surface area contributed by atoms with E-state index in [1.165, 1.54) is 12.4 Å². The molecule has 0 aliphatic rings. The Kier molecular flexibility index (Phi) is 7.15. The molecule has 1 rings (SSSR count). The molecular weight excluding hydrogens is 277 g/mol. The Balaban J connectivity index is 3.21. The summed E-state index contributed by atoms with van der Waals surface area (Å²) in [5.74, 6) is 0.199. The summed E-state index contributed by atoms with van der Waals surface area (Å²) in [5.41, 5.74) is -0.292. The van der Waals surface area contributed by atoms with E-state index in [9.17, 15) is 13.2 Å². The average Bonchev–Trinajstić information content (AvgIpc) is 2.44. The van der Waals surface area contributed by atoms with Crippen LogP contribution in [0.4, 0.5) is 13.2 Å². The highest BCUT2D eigenvalue weighted by molar-refractivity contribution is 5.30. The standard InChI is InChI=1S/C16H25F3N2/c1-4-7-12(8-5-2)15(21-6-3)13-11-20-10-9-14(13)16(17,18)19/h9-12,15,21H,4-8H2,1-3H3. The van der Waals surface area contributed by atoms with E-state index in [4.69, 9.17) is 0 Å². The summed E-state index contributed by atoms with van der Waals surface area (Å²) in [4.78, 5) is 3.92. The average molecular weight is 302 g/mol. The molecule has 0 amide bonds. The highest BCUT2D eigenvalue weighted by Gasteiger charge is 2.36. The molecule has 21 heavy (non-hydrogen) atoms. The van der Waals surface area contributed by atoms with Gasteiger partial charge < -0.3 is 5.32 Å². The van der Waals surface area contributed by atoms with Crippen LogP contribution in [0.3, 0.4) is 0 Å². The Bertz CT molecular complexity index is 412. The van der Waals surface area contributed by atoms with Crippen LogP contribution in [0.15, 0.2) is 18.5 Å². The second-order valence-corrected chi connectivity index (χ2v) is 5.33. The summed E-state index contributed by atoms with van der Waals surface area (Å²) in [6, 6.07) is 0.787. The van der Waals surface area contributed by atoms with Crippen molar-refractivity contribution < 1.29 is 13.2 Å². The van der Waals surface area contributed by atoms with E-state index in [0.29, 0.717) is 6.54 Å². The van der Waals surface area contributed by atoms with Gasteiger partial charge in [0.15, 0.2) is 0 Å². The summed E-state index contributed by atoms with van der Waals surface area (Å²) >= 11 is 0. The third kappa shape index (κ3) is 4.99. The van der Waals surface area contributed by atoms with Crippen molar-refractivity contribution in [2.75, 3.05) is 6.54 Å². The number of pyridine rings is 1. The zero-order valence-corrected chi connectivity index (χ0v) is 13.0. The lowest BCUT2D eigenvalue weighted by Crippen LogP contribution is -2.30. The van der Waals surface area contributed by atoms with Crippen LogP contribution in [0.2, 0.25) is 0 Å². The van der Waals surface area contributed by atoms with Gasteiger partial charge in [-0.25, -0.2) is 0 Å². The van der Waals surface area contributed by atoms with Crippen molar-refractivity contribution in [2.45, 2.75) is 58.7 Å². The number of aromatic nitrogens is 1. The maximum Gasteiger partial charge on any atom is 0.416 e. The van der Waals surface area contributed by atoms with Crippen molar-refractivity contribution in [3.05, 3.63) is 29.6 Å². The number of nitrogens with zero attached hydrogens (tertiary/aromatic N) is 1. The predicted molar refractivity (Wildman–Crippen MR) is 79.0 cm³/mol. The molecule has 0 saturated heterocycles. The first-order chi connectivity index (χ1) is 9.95. The molecule has 1 aromatic rings. The van der Waals surface area contributed by atoms with E-state index in [2.05, 4.69) is 24.1 Å². The van der Waals surface area contributed by atoms with E-state index in [0.717, 1.165) is 31.7 Å². The lowest BCUT2D eigenvalue weighted by Gasteiger charge is -2.29. The summed E-state index contributed by atoms with van der Waals surface area (Å²) < 4.78 is 39.7. The van der Waals surface area contributed by atoms with Gasteiger partial charge in [-0.3, -0.25) is 4.98 Å². The van der Waals surface area contributed by atoms with Gasteiger partial charge in [0.25, 0.3) is 0 Å². The van der Waals surface area contributed by atoms with E-state index in [1.807, 2.05) is 6.92 Å². The molecule has 1 N–H and O–H groups in total. The maximum atomic E-state index is 13.2. The Morgan fingerprint density at radius 1 is 1.14 bits per heavy atom. The summed E-state index contributed by atoms with van der Waals surface area (Å²) in [7, 11) is 0. The predicted octanol–water partition coefficient (Wildman–Crippen LogP) is 4.97. The van der Waals surface area contributed by atoms with Gasteiger partial charge in [-0.15, -0.1) is 0 Å². The van der Waals surface area contributed by atoms with Crippen molar-refractivity contribution in [1.29, 1.82) is 0 Å². The van der Waals surface area contributed by atoms with Crippen LogP contribution in [-0.2, 0) is 6.18 Å². The molecule has 5 heteroatoms. The van der Waals surface area contributed by atoms with Gasteiger partial charge in [0.05, 0.1) is 5.56 Å². The van der Waals surface area contributed by atoms with E-state index in [1.54, 1.807) is 0 Å². The summed E-state index contributed by atoms with van der Waals surface area (Å²) in [6.07, 6.45) is 2.01. The van der Waals surface area contributed by atoms with Gasteiger partial charge in [0.2, 0.25) is 0 Å². The van der Waals surface area contributed by atoms with Crippen LogP contribution < -0.4 is 5.32 Å². The minimum absolute atomic E-state index is 0.199. The van der Waals surface area contributed by atoms with Gasteiger partial charge in [0, 0.05) is 18.4 Å². The molecule has 1 atom stereocenters. The second-order valence-electron chi connectivity index (χ2n) is 5.33. The minimum Gasteiger partial charge on any atom is -0.310 e. The smallest absolute Gasteiger partial charge is 0.310 e. The van der Waals surface area contributed by atoms with Gasteiger partial charge in [-0.2, -0.15) is 13.2 Å². The molecule has 1 aromatic heterocycles. The molecule has 0 saturated carbocycles. The van der Waals surface area contributed by atoms with Crippen LogP contribution in [0.5, 0.6) is 0 Å². The first kappa shape index (κ1) is 18.0. The molecule has 0 aliphatic carbocycles. The quantitative estimate of drug-likeness (QED) is 0.733. The molecule has 0 aliphatic heterocycles. The highest BCUT2D eigenvalue weighted by Crippen LogP contribution is 2.38. The number of hydrogen-bond donors (Lipinski definition) is 1. The van der Waals surface area contributed by atoms with Crippen LogP contribution >= 0.6 is 0 Å². The SMILES string of the molecule is CCCC(CCC)C(NCC)c1cnccc1C(F)(F)F. The molecular formula is C16H25F3N2. The number of rotatable bonds is 8. The first-order valence-electron chi connectivity index (χ1n) is 7.70. The Hall–Kier alpha value is -1.10. The first-order valence-corrected chi connectivity index (χ1v) is 7.70. The molecule has 0 fully saturated rings. The lowest BCUT2D eigenvalue weighted by atomic mass is 9.85. The summed E-state index contributed by atoms with van der Waals surface area (Å²) in [5, 5.41) is 3.24. The Morgan fingerprint density at radius 3 is 2.24 bits per heavy atom. The van der Waals surface area contributed by atoms with Gasteiger partial charge in [-0.1, -0.05) is 33.6 Å². The second kappa shape index (κ2) is 8.37. The fourth-order valence-electron chi connectivity index (χ4n) is 2.88. The topological polar surface area (TPSA) is 24.9 Å². The molecule has 120 valence electrons. The molecule has 1 unspecified atom stereocenters. The van der Waals surface area contributed by atoms with Crippen molar-refractivity contribution in [3.63, 3.8) is 0 Å². The van der Waals surface area contributed by atoms with Gasteiger partial charge >= 0.3 is 6.18 Å². The Morgan fingerprint density at radius 2 is 1.76 bits per heavy atom. The van der Waals surface area contributed by atoms with Crippen LogP contribution in [0.25, 0.3) is 0 Å². The fourth-order valence-corrected chi connectivity index (χ4v) is 2.88. The molecule has 0 radical (unpaired) electrons. The van der Waals surface area contributed by atoms with Crippen molar-refractivity contribution in [2.24, 2.45) is 5.92 Å². The van der Waals surface area contributed by atoms with E-state index in [-0.39, 0.29) is 17.5 Å². The molecule has 0 spiro atoms.